The molecule has 3 aromatic rings. The predicted octanol–water partition coefficient (Wildman–Crippen LogP) is 6.17. The summed E-state index contributed by atoms with van der Waals surface area (Å²) in [6.45, 7) is 6.76. The lowest BCUT2D eigenvalue weighted by molar-refractivity contribution is -0.193. The first-order valence-electron chi connectivity index (χ1n) is 13.7. The number of carbonyl (C=O) groups excluding carboxylic acids is 3. The van der Waals surface area contributed by atoms with Gasteiger partial charge in [-0.05, 0) is 66.0 Å². The minimum absolute atomic E-state index is 0.110. The summed E-state index contributed by atoms with van der Waals surface area (Å²) in [5.41, 5.74) is 6.84. The van der Waals surface area contributed by atoms with Crippen LogP contribution in [0.15, 0.2) is 36.8 Å². The maximum absolute atomic E-state index is 14.0. The molecular formula is C29H31Cl2F7N6O4. The van der Waals surface area contributed by atoms with Crippen LogP contribution in [-0.4, -0.2) is 76.7 Å². The molecule has 0 fully saturated rings. The molecular weight excluding hydrogens is 700 g/mol. The van der Waals surface area contributed by atoms with Crippen LogP contribution >= 0.6 is 23.2 Å². The number of anilines is 1. The second kappa shape index (κ2) is 16.0. The Kier molecular flexibility index (Phi) is 13.4. The van der Waals surface area contributed by atoms with E-state index >= 15 is 0 Å². The van der Waals surface area contributed by atoms with E-state index in [-0.39, 0.29) is 27.5 Å². The third kappa shape index (κ3) is 10.5. The average molecular weight is 731 g/mol. The first kappa shape index (κ1) is 40.2. The zero-order chi connectivity index (χ0) is 36.8. The second-order valence-electron chi connectivity index (χ2n) is 10.9. The van der Waals surface area contributed by atoms with Crippen molar-refractivity contribution in [3.8, 4) is 16.9 Å². The van der Waals surface area contributed by atoms with Gasteiger partial charge in [0.05, 0.1) is 11.2 Å². The highest BCUT2D eigenvalue weighted by atomic mass is 35.5. The summed E-state index contributed by atoms with van der Waals surface area (Å²) in [6, 6.07) is 4.32. The van der Waals surface area contributed by atoms with Crippen LogP contribution in [0.25, 0.3) is 11.1 Å². The Bertz CT molecular complexity index is 1600. The molecule has 1 atom stereocenters. The van der Waals surface area contributed by atoms with E-state index in [1.807, 2.05) is 14.1 Å². The number of Topliss-reactive ketones (excluding diaryl/α,β-unsaturated/α-hetero) is 2. The highest BCUT2D eigenvalue weighted by Gasteiger charge is 2.54. The SMILES string of the molecule is CC(Oc1cc(-c2cnn(C(C)(C)C(=O)NCCCN(C)C)c2)cnc1N)c1c(Cl)ccc(F)c1Cl.O=C(C(=O)C(F)(F)F)C(F)(F)F. The van der Waals surface area contributed by atoms with Crippen LogP contribution in [0.1, 0.15) is 38.9 Å². The Morgan fingerprint density at radius 3 is 2.15 bits per heavy atom. The minimum atomic E-state index is -5.77. The number of nitrogen functional groups attached to an aromatic ring is 1. The normalized spacial score (nSPS) is 12.6. The Balaban J connectivity index is 0.000000567. The molecule has 0 aliphatic carbocycles. The quantitative estimate of drug-likeness (QED) is 0.104. The van der Waals surface area contributed by atoms with Gasteiger partial charge in [-0.3, -0.25) is 19.1 Å². The minimum Gasteiger partial charge on any atom is -0.482 e. The number of nitrogens with zero attached hydrogens (tertiary/aromatic N) is 4. The number of pyridine rings is 1. The van der Waals surface area contributed by atoms with Crippen molar-refractivity contribution in [3.05, 3.63) is 58.2 Å². The molecule has 264 valence electrons. The second-order valence-corrected chi connectivity index (χ2v) is 11.7. The summed E-state index contributed by atoms with van der Waals surface area (Å²) in [5.74, 6) is -7.11. The van der Waals surface area contributed by atoms with Gasteiger partial charge in [0.1, 0.15) is 17.5 Å². The van der Waals surface area contributed by atoms with Crippen LogP contribution in [-0.2, 0) is 19.9 Å². The maximum atomic E-state index is 14.0. The average Bonchev–Trinajstić information content (AvgIpc) is 3.48. The number of nitrogens with two attached hydrogens (primary N) is 1. The van der Waals surface area contributed by atoms with E-state index in [9.17, 15) is 45.1 Å². The molecule has 0 saturated heterocycles. The highest BCUT2D eigenvalue weighted by Crippen LogP contribution is 2.37. The number of aromatic nitrogens is 3. The number of hydrogen-bond acceptors (Lipinski definition) is 8. The third-order valence-electron chi connectivity index (χ3n) is 6.50. The van der Waals surface area contributed by atoms with Gasteiger partial charge < -0.3 is 20.7 Å². The fourth-order valence-electron chi connectivity index (χ4n) is 3.82. The fraction of sp³-hybridized carbons (Fsp3) is 0.414. The third-order valence-corrected chi connectivity index (χ3v) is 7.22. The van der Waals surface area contributed by atoms with E-state index in [0.29, 0.717) is 17.7 Å². The van der Waals surface area contributed by atoms with E-state index in [1.54, 1.807) is 50.1 Å². The van der Waals surface area contributed by atoms with Crippen molar-refractivity contribution in [1.29, 1.82) is 0 Å². The molecule has 1 aromatic carbocycles. The Morgan fingerprint density at radius 2 is 1.60 bits per heavy atom. The summed E-state index contributed by atoms with van der Waals surface area (Å²) >= 11 is 12.3. The zero-order valence-corrected chi connectivity index (χ0v) is 27.6. The summed E-state index contributed by atoms with van der Waals surface area (Å²) < 4.78 is 88.5. The summed E-state index contributed by atoms with van der Waals surface area (Å²) in [5, 5.41) is 7.54. The Morgan fingerprint density at radius 1 is 1.02 bits per heavy atom. The van der Waals surface area contributed by atoms with E-state index in [2.05, 4.69) is 20.3 Å². The van der Waals surface area contributed by atoms with Gasteiger partial charge in [-0.1, -0.05) is 23.2 Å². The molecule has 10 nitrogen and oxygen atoms in total. The number of alkyl halides is 6. The van der Waals surface area contributed by atoms with Gasteiger partial charge >= 0.3 is 23.9 Å². The van der Waals surface area contributed by atoms with Gasteiger partial charge in [0.15, 0.2) is 11.6 Å². The molecule has 0 aliphatic heterocycles. The van der Waals surface area contributed by atoms with Crippen molar-refractivity contribution in [2.45, 2.75) is 51.2 Å². The van der Waals surface area contributed by atoms with Crippen molar-refractivity contribution in [2.24, 2.45) is 0 Å². The van der Waals surface area contributed by atoms with E-state index in [1.165, 1.54) is 12.1 Å². The fourth-order valence-corrected chi connectivity index (χ4v) is 4.50. The van der Waals surface area contributed by atoms with Gasteiger partial charge in [-0.15, -0.1) is 0 Å². The molecule has 19 heteroatoms. The summed E-state index contributed by atoms with van der Waals surface area (Å²) in [7, 11) is 3.98. The molecule has 2 heterocycles. The van der Waals surface area contributed by atoms with E-state index < -0.39 is 41.4 Å². The van der Waals surface area contributed by atoms with Gasteiger partial charge in [0.25, 0.3) is 0 Å². The number of ketones is 2. The van der Waals surface area contributed by atoms with E-state index in [4.69, 9.17) is 33.7 Å². The first-order chi connectivity index (χ1) is 22.0. The van der Waals surface area contributed by atoms with Crippen molar-refractivity contribution < 1.29 is 49.9 Å². The smallest absolute Gasteiger partial charge is 0.458 e. The monoisotopic (exact) mass is 730 g/mol. The van der Waals surface area contributed by atoms with Crippen LogP contribution in [0.3, 0.4) is 0 Å². The standard InChI is InChI=1S/C25H31Cl2FN6O2.C4F6O2/c1-15(21-18(26)7-8-19(28)22(21)27)36-20-11-16(12-31-23(20)29)17-13-32-34(14-17)25(2,3)24(35)30-9-6-10-33(4)5;5-3(6,7)1(11)2(12)4(8,9)10/h7-8,11-15H,6,9-10H2,1-5H3,(H2,29,31)(H,30,35);. The summed E-state index contributed by atoms with van der Waals surface area (Å²) in [4.78, 5) is 38.3. The van der Waals surface area contributed by atoms with Crippen molar-refractivity contribution in [3.63, 3.8) is 0 Å². The number of carbonyl (C=O) groups is 3. The van der Waals surface area contributed by atoms with Gasteiger partial charge in [0.2, 0.25) is 5.91 Å². The molecule has 48 heavy (non-hydrogen) atoms. The summed E-state index contributed by atoms with van der Waals surface area (Å²) in [6.07, 6.45) is -6.40. The van der Waals surface area contributed by atoms with Gasteiger partial charge in [-0.2, -0.15) is 31.4 Å². The van der Waals surface area contributed by atoms with Crippen LogP contribution in [0.5, 0.6) is 5.75 Å². The molecule has 1 amide bonds. The molecule has 0 radical (unpaired) electrons. The predicted molar refractivity (Wildman–Crippen MR) is 163 cm³/mol. The van der Waals surface area contributed by atoms with Crippen molar-refractivity contribution in [2.75, 3.05) is 32.9 Å². The number of rotatable bonds is 11. The number of nitrogens with one attached hydrogen (secondary N) is 1. The molecule has 3 N–H and O–H groups in total. The number of hydrogen-bond donors (Lipinski definition) is 2. The first-order valence-corrected chi connectivity index (χ1v) is 14.5. The van der Waals surface area contributed by atoms with Gasteiger partial charge in [0, 0.05) is 40.7 Å². The van der Waals surface area contributed by atoms with Crippen LogP contribution in [0.2, 0.25) is 10.0 Å². The van der Waals surface area contributed by atoms with Crippen molar-refractivity contribution >= 4 is 46.5 Å². The zero-order valence-electron chi connectivity index (χ0n) is 26.1. The number of benzene rings is 1. The molecule has 0 aliphatic rings. The lowest BCUT2D eigenvalue weighted by atomic mass is 10.0. The molecule has 2 aromatic heterocycles. The molecule has 0 spiro atoms. The number of halogens is 9. The molecule has 0 bridgehead atoms. The molecule has 3 rings (SSSR count). The lowest BCUT2D eigenvalue weighted by Crippen LogP contribution is -2.45. The maximum Gasteiger partial charge on any atom is 0.458 e. The van der Waals surface area contributed by atoms with Gasteiger partial charge in [-0.25, -0.2) is 9.37 Å². The topological polar surface area (TPSA) is 132 Å². The Labute approximate surface area is 280 Å². The number of amides is 1. The molecule has 1 unspecified atom stereocenters. The van der Waals surface area contributed by atoms with Crippen molar-refractivity contribution in [1.82, 2.24) is 25.0 Å². The lowest BCUT2D eigenvalue weighted by Gasteiger charge is -2.24. The van der Waals surface area contributed by atoms with Crippen LogP contribution in [0.4, 0.5) is 36.6 Å². The highest BCUT2D eigenvalue weighted by molar-refractivity contribution is 6.41. The Hall–Kier alpha value is -3.96. The van der Waals surface area contributed by atoms with Crippen LogP contribution < -0.4 is 15.8 Å². The number of ether oxygens (including phenoxy) is 1. The largest absolute Gasteiger partial charge is 0.482 e. The van der Waals surface area contributed by atoms with Crippen LogP contribution in [0, 0.1) is 5.82 Å². The van der Waals surface area contributed by atoms with E-state index in [0.717, 1.165) is 18.5 Å². The molecule has 0 saturated carbocycles.